The van der Waals surface area contributed by atoms with Gasteiger partial charge in [-0.05, 0) is 11.8 Å². The highest BCUT2D eigenvalue weighted by atomic mass is 127. The van der Waals surface area contributed by atoms with Crippen molar-refractivity contribution in [3.05, 3.63) is 0 Å². The summed E-state index contributed by atoms with van der Waals surface area (Å²) in [5.41, 5.74) is -0.311. The van der Waals surface area contributed by atoms with E-state index in [0.717, 1.165) is 17.5 Å². The van der Waals surface area contributed by atoms with E-state index in [4.69, 9.17) is 14.6 Å². The minimum absolute atomic E-state index is 0.128. The lowest BCUT2D eigenvalue weighted by atomic mass is 9.91. The summed E-state index contributed by atoms with van der Waals surface area (Å²) < 4.78 is 11.8. The van der Waals surface area contributed by atoms with Crippen molar-refractivity contribution in [1.82, 2.24) is 0 Å². The summed E-state index contributed by atoms with van der Waals surface area (Å²) >= 11 is 2.31. The third kappa shape index (κ3) is 10.6. The number of carboxylic acids is 1. The molecule has 0 aromatic heterocycles. The second-order valence-corrected chi connectivity index (χ2v) is 5.52. The van der Waals surface area contributed by atoms with Crippen molar-refractivity contribution in [1.29, 1.82) is 0 Å². The molecule has 0 amide bonds. The van der Waals surface area contributed by atoms with Crippen LogP contribution >= 0.6 is 22.6 Å². The molecule has 0 aromatic rings. The zero-order chi connectivity index (χ0) is 12.4. The van der Waals surface area contributed by atoms with Crippen molar-refractivity contribution in [2.75, 3.05) is 30.9 Å². The molecule has 0 aliphatic rings. The first kappa shape index (κ1) is 16.1. The summed E-state index contributed by atoms with van der Waals surface area (Å²) in [5, 5.41) is 8.67. The van der Waals surface area contributed by atoms with Crippen LogP contribution in [0, 0.1) is 5.41 Å². The van der Waals surface area contributed by atoms with Crippen LogP contribution < -0.4 is 0 Å². The zero-order valence-corrected chi connectivity index (χ0v) is 12.2. The fourth-order valence-corrected chi connectivity index (χ4v) is 1.50. The smallest absolute Gasteiger partial charge is 0.303 e. The van der Waals surface area contributed by atoms with Gasteiger partial charge >= 0.3 is 5.97 Å². The van der Waals surface area contributed by atoms with Gasteiger partial charge in [0.25, 0.3) is 0 Å². The molecule has 0 rings (SSSR count). The highest BCUT2D eigenvalue weighted by Gasteiger charge is 2.21. The molecule has 96 valence electrons. The largest absolute Gasteiger partial charge is 0.481 e. The van der Waals surface area contributed by atoms with E-state index in [9.17, 15) is 4.79 Å². The Bertz CT molecular complexity index is 194. The molecule has 0 aromatic carbocycles. The van der Waals surface area contributed by atoms with Crippen LogP contribution in [0.15, 0.2) is 0 Å². The molecule has 0 atom stereocenters. The first-order valence-electron chi connectivity index (χ1n) is 5.41. The van der Waals surface area contributed by atoms with Gasteiger partial charge in [0.2, 0.25) is 0 Å². The number of carboxylic acid groups (broad SMARTS) is 1. The Morgan fingerprint density at radius 1 is 1.25 bits per heavy atom. The summed E-state index contributed by atoms with van der Waals surface area (Å²) in [6.07, 6.45) is 1.19. The van der Waals surface area contributed by atoms with Crippen molar-refractivity contribution in [3.8, 4) is 0 Å². The van der Waals surface area contributed by atoms with Gasteiger partial charge in [-0.2, -0.15) is 0 Å². The van der Waals surface area contributed by atoms with Crippen LogP contribution in [0.25, 0.3) is 0 Å². The molecular formula is C11H21IO4. The molecule has 1 N–H and O–H groups in total. The normalized spacial score (nSPS) is 11.7. The maximum atomic E-state index is 10.5. The second kappa shape index (κ2) is 9.18. The molecule has 0 heterocycles. The van der Waals surface area contributed by atoms with E-state index in [2.05, 4.69) is 22.6 Å². The molecule has 0 saturated carbocycles. The van der Waals surface area contributed by atoms with Gasteiger partial charge in [-0.1, -0.05) is 36.4 Å². The summed E-state index contributed by atoms with van der Waals surface area (Å²) in [4.78, 5) is 10.5. The second-order valence-electron chi connectivity index (χ2n) is 4.44. The third-order valence-electron chi connectivity index (χ3n) is 1.92. The van der Waals surface area contributed by atoms with E-state index in [1.807, 2.05) is 13.8 Å². The number of halogens is 1. The summed E-state index contributed by atoms with van der Waals surface area (Å²) in [7, 11) is 0. The van der Waals surface area contributed by atoms with Crippen molar-refractivity contribution in [3.63, 3.8) is 0 Å². The van der Waals surface area contributed by atoms with Gasteiger partial charge < -0.3 is 14.6 Å². The number of aliphatic carboxylic acids is 1. The van der Waals surface area contributed by atoms with Crippen molar-refractivity contribution < 1.29 is 19.4 Å². The van der Waals surface area contributed by atoms with Crippen LogP contribution in [0.4, 0.5) is 0 Å². The predicted molar refractivity (Wildman–Crippen MR) is 71.2 cm³/mol. The molecule has 0 aliphatic heterocycles. The van der Waals surface area contributed by atoms with Gasteiger partial charge in [0.15, 0.2) is 0 Å². The van der Waals surface area contributed by atoms with Gasteiger partial charge in [-0.3, -0.25) is 4.79 Å². The Labute approximate surface area is 111 Å². The lowest BCUT2D eigenvalue weighted by Gasteiger charge is -2.21. The SMILES string of the molecule is CC(C)(COCCOCCCI)CC(=O)O. The van der Waals surface area contributed by atoms with Gasteiger partial charge in [-0.15, -0.1) is 0 Å². The Kier molecular flexibility index (Phi) is 9.25. The van der Waals surface area contributed by atoms with Gasteiger partial charge in [0.1, 0.15) is 0 Å². The maximum Gasteiger partial charge on any atom is 0.303 e. The Morgan fingerprint density at radius 2 is 1.88 bits per heavy atom. The van der Waals surface area contributed by atoms with Crippen LogP contribution in [0.5, 0.6) is 0 Å². The van der Waals surface area contributed by atoms with Crippen molar-refractivity contribution >= 4 is 28.6 Å². The quantitative estimate of drug-likeness (QED) is 0.376. The molecule has 0 aliphatic carbocycles. The first-order chi connectivity index (χ1) is 7.48. The average Bonchev–Trinajstić information content (AvgIpc) is 2.14. The lowest BCUT2D eigenvalue weighted by Crippen LogP contribution is -2.24. The van der Waals surface area contributed by atoms with E-state index in [-0.39, 0.29) is 11.8 Å². The van der Waals surface area contributed by atoms with Crippen LogP contribution in [0.3, 0.4) is 0 Å². The molecule has 0 bridgehead atoms. The summed E-state index contributed by atoms with van der Waals surface area (Å²) in [6, 6.07) is 0. The highest BCUT2D eigenvalue weighted by molar-refractivity contribution is 14.1. The monoisotopic (exact) mass is 344 g/mol. The molecule has 16 heavy (non-hydrogen) atoms. The van der Waals surface area contributed by atoms with E-state index in [0.29, 0.717) is 19.8 Å². The Hall–Kier alpha value is 0.120. The van der Waals surface area contributed by atoms with E-state index >= 15 is 0 Å². The molecule has 0 spiro atoms. The Balaban J connectivity index is 3.39. The fourth-order valence-electron chi connectivity index (χ4n) is 1.19. The number of rotatable bonds is 10. The first-order valence-corrected chi connectivity index (χ1v) is 6.94. The van der Waals surface area contributed by atoms with Crippen molar-refractivity contribution in [2.45, 2.75) is 26.7 Å². The van der Waals surface area contributed by atoms with Gasteiger partial charge in [-0.25, -0.2) is 0 Å². The molecule has 4 nitrogen and oxygen atoms in total. The minimum Gasteiger partial charge on any atom is -0.481 e. The number of ether oxygens (including phenoxy) is 2. The third-order valence-corrected chi connectivity index (χ3v) is 2.68. The van der Waals surface area contributed by atoms with Gasteiger partial charge in [0, 0.05) is 11.0 Å². The fraction of sp³-hybridized carbons (Fsp3) is 0.909. The molecular weight excluding hydrogens is 323 g/mol. The number of alkyl halides is 1. The van der Waals surface area contributed by atoms with Crippen LogP contribution in [0.1, 0.15) is 26.7 Å². The number of carbonyl (C=O) groups is 1. The molecule has 0 unspecified atom stereocenters. The van der Waals surface area contributed by atoms with Crippen molar-refractivity contribution in [2.24, 2.45) is 5.41 Å². The molecule has 5 heteroatoms. The average molecular weight is 344 g/mol. The molecule has 0 saturated heterocycles. The Morgan fingerprint density at radius 3 is 2.44 bits per heavy atom. The van der Waals surface area contributed by atoms with Crippen LogP contribution in [0.2, 0.25) is 0 Å². The number of hydrogen-bond acceptors (Lipinski definition) is 3. The van der Waals surface area contributed by atoms with Crippen LogP contribution in [-0.4, -0.2) is 41.9 Å². The minimum atomic E-state index is -0.785. The topological polar surface area (TPSA) is 55.8 Å². The highest BCUT2D eigenvalue weighted by Crippen LogP contribution is 2.20. The van der Waals surface area contributed by atoms with Crippen LogP contribution in [-0.2, 0) is 14.3 Å². The summed E-state index contributed by atoms with van der Waals surface area (Å²) in [5.74, 6) is -0.785. The van der Waals surface area contributed by atoms with E-state index < -0.39 is 5.97 Å². The predicted octanol–water partition coefficient (Wildman–Crippen LogP) is 2.35. The number of hydrogen-bond donors (Lipinski definition) is 1. The standard InChI is InChI=1S/C11H21IO4/c1-11(2,8-10(13)14)9-16-7-6-15-5-3-4-12/h3-9H2,1-2H3,(H,13,14). The van der Waals surface area contributed by atoms with E-state index in [1.165, 1.54) is 0 Å². The lowest BCUT2D eigenvalue weighted by molar-refractivity contribution is -0.140. The van der Waals surface area contributed by atoms with Gasteiger partial charge in [0.05, 0.1) is 26.2 Å². The molecule has 0 fully saturated rings. The van der Waals surface area contributed by atoms with E-state index in [1.54, 1.807) is 0 Å². The maximum absolute atomic E-state index is 10.5. The molecule has 0 radical (unpaired) electrons. The zero-order valence-electron chi connectivity index (χ0n) is 10.00. The summed E-state index contributed by atoms with van der Waals surface area (Å²) in [6.45, 7) is 6.11.